The van der Waals surface area contributed by atoms with E-state index >= 15 is 0 Å². The van der Waals surface area contributed by atoms with E-state index in [4.69, 9.17) is 13.1 Å². The van der Waals surface area contributed by atoms with Crippen LogP contribution in [0, 0.1) is 35.8 Å². The van der Waals surface area contributed by atoms with Gasteiger partial charge in [0.15, 0.2) is 11.6 Å². The number of fused-ring (bicyclic) bond motifs is 5. The van der Waals surface area contributed by atoms with Gasteiger partial charge >= 0.3 is 0 Å². The Bertz CT molecular complexity index is 2220. The summed E-state index contributed by atoms with van der Waals surface area (Å²) in [5, 5.41) is 19.5. The quantitative estimate of drug-likeness (QED) is 0.126. The van der Waals surface area contributed by atoms with Crippen LogP contribution in [0.4, 0.5) is 0 Å². The number of ketones is 2. The molecule has 47 heavy (non-hydrogen) atoms. The van der Waals surface area contributed by atoms with Crippen molar-refractivity contribution in [3.05, 3.63) is 149 Å². The number of nitriles is 2. The van der Waals surface area contributed by atoms with Crippen LogP contribution in [-0.4, -0.2) is 11.6 Å². The van der Waals surface area contributed by atoms with Crippen LogP contribution in [0.3, 0.4) is 0 Å². The fraction of sp³-hybridized carbons (Fsp3) is 0.128. The highest BCUT2D eigenvalue weighted by Crippen LogP contribution is 2.59. The fourth-order valence-electron chi connectivity index (χ4n) is 7.12. The molecule has 8 heteroatoms. The number of nitrogens with zero attached hydrogens (tertiary/aromatic N) is 4. The molecule has 2 aromatic carbocycles. The zero-order valence-electron chi connectivity index (χ0n) is 25.3. The molecule has 0 bridgehead atoms. The van der Waals surface area contributed by atoms with Gasteiger partial charge in [-0.15, -0.1) is 22.7 Å². The van der Waals surface area contributed by atoms with Crippen molar-refractivity contribution >= 4 is 57.5 Å². The maximum atomic E-state index is 13.6. The first-order chi connectivity index (χ1) is 22.8. The van der Waals surface area contributed by atoms with E-state index < -0.39 is 0 Å². The van der Waals surface area contributed by atoms with E-state index in [0.29, 0.717) is 44.5 Å². The molecule has 0 saturated carbocycles. The predicted octanol–water partition coefficient (Wildman–Crippen LogP) is 9.76. The van der Waals surface area contributed by atoms with Crippen LogP contribution in [0.2, 0.25) is 0 Å². The summed E-state index contributed by atoms with van der Waals surface area (Å²) in [5.74, 6) is -0.406. The van der Waals surface area contributed by atoms with E-state index in [2.05, 4.69) is 35.7 Å². The van der Waals surface area contributed by atoms with Gasteiger partial charge in [-0.3, -0.25) is 9.59 Å². The maximum Gasteiger partial charge on any atom is 0.270 e. The highest BCUT2D eigenvalue weighted by molar-refractivity contribution is 7.23. The fourth-order valence-corrected chi connectivity index (χ4v) is 9.68. The van der Waals surface area contributed by atoms with E-state index in [1.807, 2.05) is 24.3 Å². The lowest BCUT2D eigenvalue weighted by atomic mass is 9.75. The van der Waals surface area contributed by atoms with Gasteiger partial charge in [-0.2, -0.15) is 0 Å². The predicted molar refractivity (Wildman–Crippen MR) is 185 cm³/mol. The molecule has 0 N–H and O–H groups in total. The van der Waals surface area contributed by atoms with Gasteiger partial charge in [0.2, 0.25) is 0 Å². The van der Waals surface area contributed by atoms with E-state index in [1.54, 1.807) is 71.2 Å². The van der Waals surface area contributed by atoms with Crippen LogP contribution in [0.1, 0.15) is 79.4 Å². The van der Waals surface area contributed by atoms with Gasteiger partial charge in [0, 0.05) is 58.3 Å². The van der Waals surface area contributed by atoms with E-state index in [0.717, 1.165) is 32.4 Å². The zero-order chi connectivity index (χ0) is 33.0. The molecule has 2 heterocycles. The Kier molecular flexibility index (Phi) is 7.08. The third-order valence-electron chi connectivity index (χ3n) is 9.34. The number of carbonyl (C=O) groups excluding carboxylic acids is 2. The second kappa shape index (κ2) is 11.2. The van der Waals surface area contributed by atoms with Crippen LogP contribution in [-0.2, 0) is 5.41 Å². The molecular formula is C39H22N4O2S2. The van der Waals surface area contributed by atoms with Gasteiger partial charge in [0.05, 0.1) is 25.3 Å². The number of hydrogen-bond donors (Lipinski definition) is 0. The Morgan fingerprint density at radius 2 is 1.11 bits per heavy atom. The van der Waals surface area contributed by atoms with Crippen molar-refractivity contribution < 1.29 is 9.59 Å². The standard InChI is InChI=1S/C39H22N4O2S2/c1-5-39(6-2)29-17-21(15-27-33(31(19-40)42-3)23-11-7-9-13-25(23)35(27)44)46-37(29)38-30(39)18-22(47-38)16-28-34(32(20-41)43-4)24-12-8-10-14-26(24)36(28)45/h7-18H,5-6H2,1-2H3/b27-15-,28-16-,33-31+,34-32?. The molecular weight excluding hydrogens is 621 g/mol. The Morgan fingerprint density at radius 1 is 0.723 bits per heavy atom. The molecule has 3 aliphatic carbocycles. The summed E-state index contributed by atoms with van der Waals surface area (Å²) in [6.07, 6.45) is 5.30. The zero-order valence-corrected chi connectivity index (χ0v) is 26.9. The summed E-state index contributed by atoms with van der Waals surface area (Å²) < 4.78 is 0. The average Bonchev–Trinajstić information content (AvgIpc) is 3.88. The highest BCUT2D eigenvalue weighted by atomic mass is 32.1. The van der Waals surface area contributed by atoms with Gasteiger partial charge in [0.1, 0.15) is 0 Å². The van der Waals surface area contributed by atoms with Crippen molar-refractivity contribution in [2.75, 3.05) is 0 Å². The molecule has 7 rings (SSSR count). The minimum atomic E-state index is -0.281. The van der Waals surface area contributed by atoms with Crippen LogP contribution >= 0.6 is 22.7 Å². The summed E-state index contributed by atoms with van der Waals surface area (Å²) in [5.41, 5.74) is 5.49. The first kappa shape index (κ1) is 29.8. The van der Waals surface area contributed by atoms with E-state index in [1.165, 1.54) is 11.1 Å². The largest absolute Gasteiger partial charge is 0.289 e. The third-order valence-corrected chi connectivity index (χ3v) is 11.7. The van der Waals surface area contributed by atoms with Crippen molar-refractivity contribution in [3.63, 3.8) is 0 Å². The second-order valence-corrected chi connectivity index (χ2v) is 13.5. The summed E-state index contributed by atoms with van der Waals surface area (Å²) in [6.45, 7) is 19.5. The highest BCUT2D eigenvalue weighted by Gasteiger charge is 2.44. The van der Waals surface area contributed by atoms with Gasteiger partial charge in [-0.1, -0.05) is 62.4 Å². The van der Waals surface area contributed by atoms with Gasteiger partial charge in [0.25, 0.3) is 11.4 Å². The van der Waals surface area contributed by atoms with Crippen LogP contribution in [0.5, 0.6) is 0 Å². The molecule has 3 aliphatic rings. The van der Waals surface area contributed by atoms with Crippen LogP contribution < -0.4 is 0 Å². The number of Topliss-reactive ketones (excluding diaryl/α,β-unsaturated/α-hetero) is 2. The molecule has 4 aromatic rings. The number of carbonyl (C=O) groups is 2. The molecule has 0 spiro atoms. The van der Waals surface area contributed by atoms with Crippen molar-refractivity contribution in [1.82, 2.24) is 0 Å². The van der Waals surface area contributed by atoms with Gasteiger partial charge in [-0.05, 0) is 59.4 Å². The SMILES string of the molecule is [C-]#[N+]C(C#N)=C1/C(=C/c2cc3c(s2)-c2sc(/C=C4\C(=O)c5ccccc5\C4=C(\C#N)[N+]#[C-])cc2C3(CC)CC)C(=O)c2ccccc21. The monoisotopic (exact) mass is 642 g/mol. The Morgan fingerprint density at radius 3 is 1.45 bits per heavy atom. The van der Waals surface area contributed by atoms with Gasteiger partial charge in [-0.25, -0.2) is 20.2 Å². The third kappa shape index (κ3) is 4.17. The number of thiophene rings is 2. The summed E-state index contributed by atoms with van der Waals surface area (Å²) in [4.78, 5) is 38.0. The van der Waals surface area contributed by atoms with Crippen molar-refractivity contribution in [1.29, 1.82) is 10.5 Å². The number of hydrogen-bond acceptors (Lipinski definition) is 6. The summed E-state index contributed by atoms with van der Waals surface area (Å²) in [6, 6.07) is 22.4. The Hall–Kier alpha value is -5.90. The number of rotatable bonds is 4. The van der Waals surface area contributed by atoms with Crippen LogP contribution in [0.25, 0.3) is 42.7 Å². The Labute approximate surface area is 279 Å². The molecule has 0 amide bonds. The molecule has 0 aliphatic heterocycles. The molecule has 0 fully saturated rings. The number of benzene rings is 2. The molecule has 2 aromatic heterocycles. The van der Waals surface area contributed by atoms with Gasteiger partial charge < -0.3 is 0 Å². The second-order valence-electron chi connectivity index (χ2n) is 11.3. The summed E-state index contributed by atoms with van der Waals surface area (Å²) in [7, 11) is 0. The molecule has 222 valence electrons. The lowest BCUT2D eigenvalue weighted by Gasteiger charge is -2.28. The first-order valence-corrected chi connectivity index (χ1v) is 16.5. The molecule has 0 radical (unpaired) electrons. The molecule has 6 nitrogen and oxygen atoms in total. The molecule has 0 saturated heterocycles. The number of allylic oxidation sites excluding steroid dienone is 6. The Balaban J connectivity index is 1.38. The normalized spacial score (nSPS) is 18.9. The minimum Gasteiger partial charge on any atom is -0.289 e. The minimum absolute atomic E-state index is 0.108. The summed E-state index contributed by atoms with van der Waals surface area (Å²) >= 11 is 3.14. The smallest absolute Gasteiger partial charge is 0.270 e. The molecule has 0 atom stereocenters. The first-order valence-electron chi connectivity index (χ1n) is 14.9. The topological polar surface area (TPSA) is 90.4 Å². The van der Waals surface area contributed by atoms with E-state index in [-0.39, 0.29) is 28.4 Å². The van der Waals surface area contributed by atoms with Crippen molar-refractivity contribution in [2.24, 2.45) is 0 Å². The van der Waals surface area contributed by atoms with Crippen molar-refractivity contribution in [2.45, 2.75) is 32.1 Å². The average molecular weight is 643 g/mol. The van der Waals surface area contributed by atoms with Crippen LogP contribution in [0.15, 0.2) is 83.2 Å². The maximum absolute atomic E-state index is 13.6. The lowest BCUT2D eigenvalue weighted by molar-refractivity contribution is 0.103. The van der Waals surface area contributed by atoms with Crippen molar-refractivity contribution in [3.8, 4) is 21.9 Å². The lowest BCUT2D eigenvalue weighted by Crippen LogP contribution is -2.22. The van der Waals surface area contributed by atoms with E-state index in [9.17, 15) is 20.1 Å². The molecule has 0 unspecified atom stereocenters.